The van der Waals surface area contributed by atoms with Crippen LogP contribution in [0.15, 0.2) is 0 Å². The van der Waals surface area contributed by atoms with Crippen molar-refractivity contribution in [3.05, 3.63) is 0 Å². The van der Waals surface area contributed by atoms with Gasteiger partial charge in [-0.05, 0) is 50.4 Å². The van der Waals surface area contributed by atoms with Gasteiger partial charge in [0.25, 0.3) is 0 Å². The maximum Gasteiger partial charge on any atom is 0.506 e. The lowest BCUT2D eigenvalue weighted by molar-refractivity contribution is 0.0382. The van der Waals surface area contributed by atoms with E-state index in [0.29, 0.717) is 36.3 Å². The fourth-order valence-corrected chi connectivity index (χ4v) is 8.98. The number of hydrogen-bond donors (Lipinski definition) is 0. The Kier molecular flexibility index (Phi) is 4.14. The summed E-state index contributed by atoms with van der Waals surface area (Å²) < 4.78 is 29.7. The van der Waals surface area contributed by atoms with Gasteiger partial charge in [-0.2, -0.15) is 0 Å². The second-order valence-electron chi connectivity index (χ2n) is 7.90. The molecule has 0 radical (unpaired) electrons. The molecule has 0 aromatic rings. The number of ether oxygens (including phenoxy) is 2. The van der Waals surface area contributed by atoms with Gasteiger partial charge in [-0.1, -0.05) is 6.92 Å². The van der Waals surface area contributed by atoms with Crippen molar-refractivity contribution in [2.75, 3.05) is 21.3 Å². The second-order valence-corrected chi connectivity index (χ2v) is 11.3. The van der Waals surface area contributed by atoms with Crippen LogP contribution in [-0.2, 0) is 22.8 Å². The lowest BCUT2D eigenvalue weighted by Gasteiger charge is -2.51. The van der Waals surface area contributed by atoms with Crippen molar-refractivity contribution in [1.82, 2.24) is 0 Å². The molecule has 132 valence electrons. The third kappa shape index (κ3) is 2.45. The summed E-state index contributed by atoms with van der Waals surface area (Å²) in [4.78, 5) is 0. The molecule has 0 N–H and O–H groups in total. The Morgan fingerprint density at radius 3 is 1.52 bits per heavy atom. The van der Waals surface area contributed by atoms with Crippen LogP contribution < -0.4 is 0 Å². The van der Waals surface area contributed by atoms with Crippen molar-refractivity contribution in [2.24, 2.45) is 11.8 Å². The number of epoxide rings is 2. The summed E-state index contributed by atoms with van der Waals surface area (Å²) >= 11 is 0. The van der Waals surface area contributed by atoms with E-state index in [9.17, 15) is 0 Å². The molecule has 0 aromatic heterocycles. The standard InChI is InChI=1S/C17H30O5Si/c1-17(23(18-2,19-3)20-4,11-5-7-13-15(9-11)21-13)12-6-8-14-16(10-12)22-14/h11-16H,5-10H2,1-4H3. The van der Waals surface area contributed by atoms with E-state index in [2.05, 4.69) is 6.92 Å². The van der Waals surface area contributed by atoms with E-state index in [1.165, 1.54) is 25.7 Å². The summed E-state index contributed by atoms with van der Waals surface area (Å²) in [5, 5.41) is -0.0703. The van der Waals surface area contributed by atoms with Gasteiger partial charge >= 0.3 is 8.80 Å². The van der Waals surface area contributed by atoms with E-state index >= 15 is 0 Å². The highest BCUT2D eigenvalue weighted by molar-refractivity contribution is 6.64. The highest BCUT2D eigenvalue weighted by atomic mass is 28.4. The van der Waals surface area contributed by atoms with Crippen molar-refractivity contribution < 1.29 is 22.8 Å². The van der Waals surface area contributed by atoms with Gasteiger partial charge in [0, 0.05) is 26.4 Å². The molecule has 4 aliphatic rings. The van der Waals surface area contributed by atoms with E-state index in [0.717, 1.165) is 12.8 Å². The topological polar surface area (TPSA) is 52.8 Å². The third-order valence-corrected chi connectivity index (χ3v) is 10.9. The van der Waals surface area contributed by atoms with E-state index in [4.69, 9.17) is 22.8 Å². The fraction of sp³-hybridized carbons (Fsp3) is 1.00. The van der Waals surface area contributed by atoms with Crippen LogP contribution >= 0.6 is 0 Å². The number of rotatable bonds is 6. The van der Waals surface area contributed by atoms with Crippen molar-refractivity contribution >= 4 is 8.80 Å². The summed E-state index contributed by atoms with van der Waals surface area (Å²) in [5.74, 6) is 1.08. The molecule has 5 nitrogen and oxygen atoms in total. The van der Waals surface area contributed by atoms with Crippen LogP contribution in [0.4, 0.5) is 0 Å². The molecule has 6 unspecified atom stereocenters. The first kappa shape index (κ1) is 16.5. The summed E-state index contributed by atoms with van der Waals surface area (Å²) in [6, 6.07) is 0. The van der Waals surface area contributed by atoms with E-state index in [1.807, 2.05) is 0 Å². The number of fused-ring (bicyclic) bond motifs is 2. The molecule has 2 saturated carbocycles. The summed E-state index contributed by atoms with van der Waals surface area (Å²) in [6.45, 7) is 2.37. The minimum absolute atomic E-state index is 0.0703. The maximum atomic E-state index is 6.02. The molecule has 2 aliphatic carbocycles. The Morgan fingerprint density at radius 2 is 1.17 bits per heavy atom. The molecule has 6 heteroatoms. The van der Waals surface area contributed by atoms with Crippen LogP contribution in [0.5, 0.6) is 0 Å². The zero-order valence-corrected chi connectivity index (χ0v) is 15.7. The summed E-state index contributed by atoms with van der Waals surface area (Å²) in [7, 11) is 2.50. The van der Waals surface area contributed by atoms with E-state index in [1.54, 1.807) is 21.3 Å². The summed E-state index contributed by atoms with van der Waals surface area (Å²) in [6.07, 6.45) is 8.90. The average Bonchev–Trinajstić information content (AvgIpc) is 3.48. The van der Waals surface area contributed by atoms with Crippen molar-refractivity contribution in [3.8, 4) is 0 Å². The summed E-state index contributed by atoms with van der Waals surface area (Å²) in [5.41, 5.74) is 0. The Bertz CT molecular complexity index is 418. The first-order valence-corrected chi connectivity index (χ1v) is 10.8. The molecular weight excluding hydrogens is 312 g/mol. The lowest BCUT2D eigenvalue weighted by Crippen LogP contribution is -2.60. The molecular formula is C17H30O5Si. The molecule has 2 saturated heterocycles. The predicted octanol–water partition coefficient (Wildman–Crippen LogP) is 2.76. The molecule has 0 bridgehead atoms. The average molecular weight is 343 g/mol. The Balaban J connectivity index is 1.66. The Hall–Kier alpha value is 0.0169. The van der Waals surface area contributed by atoms with Gasteiger partial charge in [0.2, 0.25) is 0 Å². The first-order chi connectivity index (χ1) is 11.1. The van der Waals surface area contributed by atoms with Gasteiger partial charge in [0.1, 0.15) is 0 Å². The molecule has 23 heavy (non-hydrogen) atoms. The minimum atomic E-state index is -2.78. The zero-order chi connectivity index (χ0) is 16.2. The molecule has 0 spiro atoms. The monoisotopic (exact) mass is 342 g/mol. The smallest absolute Gasteiger partial charge is 0.376 e. The number of hydrogen-bond acceptors (Lipinski definition) is 5. The lowest BCUT2D eigenvalue weighted by atomic mass is 9.69. The van der Waals surface area contributed by atoms with Crippen LogP contribution in [0, 0.1) is 11.8 Å². The fourth-order valence-electron chi connectivity index (χ4n) is 5.64. The van der Waals surface area contributed by atoms with Crippen molar-refractivity contribution in [1.29, 1.82) is 0 Å². The van der Waals surface area contributed by atoms with Crippen molar-refractivity contribution in [2.45, 2.75) is 74.9 Å². The molecule has 4 fully saturated rings. The molecule has 4 rings (SSSR count). The molecule has 6 atom stereocenters. The Labute approximate surface area is 140 Å². The van der Waals surface area contributed by atoms with Crippen LogP contribution in [-0.4, -0.2) is 54.5 Å². The molecule has 0 amide bonds. The second kappa shape index (κ2) is 5.78. The van der Waals surface area contributed by atoms with Crippen LogP contribution in [0.2, 0.25) is 5.04 Å². The van der Waals surface area contributed by atoms with Gasteiger partial charge in [-0.3, -0.25) is 0 Å². The van der Waals surface area contributed by atoms with Gasteiger partial charge in [0.05, 0.1) is 24.4 Å². The van der Waals surface area contributed by atoms with Gasteiger partial charge < -0.3 is 22.8 Å². The van der Waals surface area contributed by atoms with E-state index in [-0.39, 0.29) is 5.04 Å². The zero-order valence-electron chi connectivity index (χ0n) is 14.7. The van der Waals surface area contributed by atoms with Crippen LogP contribution in [0.3, 0.4) is 0 Å². The van der Waals surface area contributed by atoms with E-state index < -0.39 is 8.80 Å². The molecule has 2 aliphatic heterocycles. The van der Waals surface area contributed by atoms with Crippen molar-refractivity contribution in [3.63, 3.8) is 0 Å². The predicted molar refractivity (Wildman–Crippen MR) is 87.2 cm³/mol. The maximum absolute atomic E-state index is 6.02. The largest absolute Gasteiger partial charge is 0.506 e. The SMILES string of the molecule is CO[Si](OC)(OC)C(C)(C1CCC2OC2C1)C1CCC2OC2C1. The van der Waals surface area contributed by atoms with Crippen LogP contribution in [0.25, 0.3) is 0 Å². The van der Waals surface area contributed by atoms with Gasteiger partial charge in [-0.15, -0.1) is 0 Å². The normalized spacial score (nSPS) is 44.9. The first-order valence-electron chi connectivity index (χ1n) is 9.04. The highest BCUT2D eigenvalue weighted by Gasteiger charge is 2.67. The highest BCUT2D eigenvalue weighted by Crippen LogP contribution is 2.62. The van der Waals surface area contributed by atoms with Gasteiger partial charge in [0.15, 0.2) is 0 Å². The molecule has 2 heterocycles. The van der Waals surface area contributed by atoms with Gasteiger partial charge in [-0.25, -0.2) is 0 Å². The van der Waals surface area contributed by atoms with Crippen LogP contribution in [0.1, 0.15) is 45.4 Å². The third-order valence-electron chi connectivity index (χ3n) is 7.17. The minimum Gasteiger partial charge on any atom is -0.376 e. The Morgan fingerprint density at radius 1 is 0.739 bits per heavy atom. The molecule has 0 aromatic carbocycles. The quantitative estimate of drug-likeness (QED) is 0.549.